The molecule has 60 heavy (non-hydrogen) atoms. The van der Waals surface area contributed by atoms with Crippen LogP contribution in [-0.4, -0.2) is 64.8 Å². The van der Waals surface area contributed by atoms with E-state index in [0.29, 0.717) is 23.4 Å². The van der Waals surface area contributed by atoms with Crippen molar-refractivity contribution < 1.29 is 94.7 Å². The number of Topliss-reactive ketones (excluding diaryl/α,β-unsaturated/α-hetero) is 1. The van der Waals surface area contributed by atoms with Gasteiger partial charge in [0.05, 0.1) is 18.8 Å². The van der Waals surface area contributed by atoms with E-state index in [-0.39, 0.29) is 83.8 Å². The molecule has 5 N–H and O–H groups in total. The van der Waals surface area contributed by atoms with Gasteiger partial charge in [-0.25, -0.2) is 23.5 Å². The number of nitrogens with zero attached hydrogens (tertiary/aromatic N) is 3. The van der Waals surface area contributed by atoms with E-state index in [4.69, 9.17) is 25.8 Å². The molecule has 0 amide bonds. The number of aliphatic carboxylic acids is 1. The van der Waals surface area contributed by atoms with Gasteiger partial charge in [0.2, 0.25) is 0 Å². The number of nitrogens with one attached hydrogen (secondary N) is 1. The van der Waals surface area contributed by atoms with E-state index in [1.165, 1.54) is 43.6 Å². The van der Waals surface area contributed by atoms with E-state index < -0.39 is 35.6 Å². The van der Waals surface area contributed by atoms with Gasteiger partial charge in [0.25, 0.3) is 5.84 Å². The monoisotopic (exact) mass is 988 g/mol. The summed E-state index contributed by atoms with van der Waals surface area (Å²) >= 11 is 6.73. The number of benzene rings is 2. The zero-order chi connectivity index (χ0) is 43.8. The van der Waals surface area contributed by atoms with Gasteiger partial charge in [-0.1, -0.05) is 68.3 Å². The van der Waals surface area contributed by atoms with Crippen molar-refractivity contribution in [2.75, 3.05) is 13.2 Å². The smallest absolute Gasteiger partial charge is 1.00 e. The fraction of sp³-hybridized carbons (Fsp3) is 0.225. The van der Waals surface area contributed by atoms with Crippen LogP contribution in [0.15, 0.2) is 110 Å². The molecule has 14 nitrogen and oxygen atoms in total. The summed E-state index contributed by atoms with van der Waals surface area (Å²) in [6, 6.07) is 19.7. The number of rotatable bonds is 9. The number of allylic oxidation sites excluding steroid dienone is 1. The molecule has 0 saturated carbocycles. The molecular formula is C40H42Br2ClF2N6NaO8. The van der Waals surface area contributed by atoms with E-state index in [1.54, 1.807) is 26.8 Å². The molecule has 316 valence electrons. The van der Waals surface area contributed by atoms with Crippen molar-refractivity contribution in [2.24, 2.45) is 10.7 Å². The van der Waals surface area contributed by atoms with E-state index >= 15 is 0 Å². The molecule has 20 heteroatoms. The first kappa shape index (κ1) is 57.4. The number of esters is 2. The van der Waals surface area contributed by atoms with Crippen LogP contribution < -0.4 is 63.5 Å². The number of aldehydes is 1. The number of ether oxygens (including phenoxy) is 2. The molecule has 2 aromatic heterocycles. The average molecular weight is 991 g/mol. The molecule has 0 aliphatic carbocycles. The summed E-state index contributed by atoms with van der Waals surface area (Å²) in [4.78, 5) is 64.5. The molecule has 2 aromatic carbocycles. The number of amidine groups is 2. The van der Waals surface area contributed by atoms with Gasteiger partial charge < -0.3 is 37.1 Å². The Bertz CT molecular complexity index is 2130. The standard InChI is InChI=1S/C19H17BrFN3O2.C7H5BrO.C6H6FN3.C6H10O3.C2H4O2.ClH.Na/c1-3-26-19(25)15-11(2)23-18(17-14(21)9-6-10-22-17)24-16(15)12-7-4-5-8-13(12)20;8-7-4-2-1-3-6(7)5-9;7-4-2-1-3-10-5(4)6(8)9;1-3-9-6(8)4-5(2)7;1-2(3)4;;/h4-10,16H,3H2,1-2H3,(H,23,24);1-5H;1-3H,(H3,8,9);3-4H2,1-2H3;1H3,(H,3,4);1H;/q;;;;;;+1/p-1. The van der Waals surface area contributed by atoms with Crippen molar-refractivity contribution in [1.29, 1.82) is 0 Å². The van der Waals surface area contributed by atoms with Crippen molar-refractivity contribution in [3.8, 4) is 0 Å². The fourth-order valence-corrected chi connectivity index (χ4v) is 5.22. The van der Waals surface area contributed by atoms with Gasteiger partial charge in [-0.2, -0.15) is 0 Å². The maximum absolute atomic E-state index is 14.2. The number of hydrogen-bond acceptors (Lipinski definition) is 12. The number of carbonyl (C=O) groups is 5. The SMILES string of the molecule is CC(=O)[O-].CCOC(=O)C1=C(C)NC(c2ncccc2F)=NC1c1ccccc1Br.CCOC(=O)CC(C)=O.NC(=[NH2+])c1ncccc1F.O=Cc1ccccc1Br.[Cl-].[Na+]. The number of pyridine rings is 2. The number of halogens is 5. The van der Waals surface area contributed by atoms with Crippen molar-refractivity contribution in [3.05, 3.63) is 140 Å². The normalized spacial score (nSPS) is 11.9. The summed E-state index contributed by atoms with van der Waals surface area (Å²) in [5, 5.41) is 17.0. The third-order valence-corrected chi connectivity index (χ3v) is 8.13. The Labute approximate surface area is 391 Å². The number of hydrogen-bond donors (Lipinski definition) is 3. The quantitative estimate of drug-likeness (QED) is 0.0420. The van der Waals surface area contributed by atoms with Crippen molar-refractivity contribution in [2.45, 2.75) is 47.1 Å². The van der Waals surface area contributed by atoms with Crippen LogP contribution in [0, 0.1) is 11.6 Å². The van der Waals surface area contributed by atoms with Crippen LogP contribution in [-0.2, 0) is 28.7 Å². The zero-order valence-corrected chi connectivity index (χ0v) is 39.4. The second-order valence-electron chi connectivity index (χ2n) is 11.2. The maximum atomic E-state index is 14.2. The summed E-state index contributed by atoms with van der Waals surface area (Å²) in [6.45, 7) is 8.12. The Morgan fingerprint density at radius 3 is 1.87 bits per heavy atom. The van der Waals surface area contributed by atoms with E-state index in [9.17, 15) is 28.0 Å². The number of carboxylic acids is 1. The minimum Gasteiger partial charge on any atom is -1.00 e. The van der Waals surface area contributed by atoms with Gasteiger partial charge in [0.15, 0.2) is 29.5 Å². The van der Waals surface area contributed by atoms with Crippen molar-refractivity contribution in [3.63, 3.8) is 0 Å². The summed E-state index contributed by atoms with van der Waals surface area (Å²) in [6.07, 6.45) is 3.64. The van der Waals surface area contributed by atoms with Gasteiger partial charge in [-0.05, 0) is 76.6 Å². The zero-order valence-electron chi connectivity index (χ0n) is 33.5. The van der Waals surface area contributed by atoms with Gasteiger partial charge in [0, 0.05) is 38.6 Å². The first-order chi connectivity index (χ1) is 27.5. The van der Waals surface area contributed by atoms with Crippen LogP contribution in [0.25, 0.3) is 0 Å². The summed E-state index contributed by atoms with van der Waals surface area (Å²) in [5.41, 5.74) is 7.64. The number of aliphatic imine (C=N–C) groups is 1. The second kappa shape index (κ2) is 31.2. The van der Waals surface area contributed by atoms with Gasteiger partial charge >= 0.3 is 41.5 Å². The predicted molar refractivity (Wildman–Crippen MR) is 217 cm³/mol. The van der Waals surface area contributed by atoms with E-state index in [0.717, 1.165) is 27.7 Å². The largest absolute Gasteiger partial charge is 1.00 e. The number of aromatic nitrogens is 2. The van der Waals surface area contributed by atoms with Crippen LogP contribution >= 0.6 is 31.9 Å². The summed E-state index contributed by atoms with van der Waals surface area (Å²) < 4.78 is 38.1. The minimum absolute atomic E-state index is 0. The Morgan fingerprint density at radius 2 is 1.42 bits per heavy atom. The van der Waals surface area contributed by atoms with Crippen LogP contribution in [0.1, 0.15) is 74.4 Å². The minimum atomic E-state index is -1.08. The molecule has 1 aliphatic rings. The van der Waals surface area contributed by atoms with Crippen LogP contribution in [0.3, 0.4) is 0 Å². The fourth-order valence-electron chi connectivity index (χ4n) is 4.34. The van der Waals surface area contributed by atoms with Gasteiger partial charge in [-0.15, -0.1) is 0 Å². The van der Waals surface area contributed by atoms with E-state index in [1.807, 2.05) is 42.5 Å². The Balaban J connectivity index is 0. The Kier molecular flexibility index (Phi) is 29.8. The number of carboxylic acid groups (broad SMARTS) is 1. The molecule has 0 radical (unpaired) electrons. The maximum Gasteiger partial charge on any atom is 1.00 e. The Morgan fingerprint density at radius 1 is 0.883 bits per heavy atom. The number of nitrogens with two attached hydrogens (primary N) is 2. The molecule has 0 saturated heterocycles. The molecular weight excluding hydrogens is 949 g/mol. The number of carbonyl (C=O) groups excluding carboxylic acids is 5. The van der Waals surface area contributed by atoms with Gasteiger partial charge in [-0.3, -0.25) is 30.5 Å². The van der Waals surface area contributed by atoms with E-state index in [2.05, 4.69) is 56.9 Å². The molecule has 4 aromatic rings. The summed E-state index contributed by atoms with van der Waals surface area (Å²) in [5.74, 6) is -2.95. The topological polar surface area (TPSA) is 229 Å². The summed E-state index contributed by atoms with van der Waals surface area (Å²) in [7, 11) is 0. The molecule has 0 spiro atoms. The third kappa shape index (κ3) is 21.0. The first-order valence-electron chi connectivity index (χ1n) is 17.1. The van der Waals surface area contributed by atoms with Crippen LogP contribution in [0.5, 0.6) is 0 Å². The molecule has 0 bridgehead atoms. The van der Waals surface area contributed by atoms with Crippen molar-refractivity contribution in [1.82, 2.24) is 15.3 Å². The molecule has 3 heterocycles. The molecule has 0 fully saturated rings. The van der Waals surface area contributed by atoms with Gasteiger partial charge in [0.1, 0.15) is 23.9 Å². The first-order valence-corrected chi connectivity index (χ1v) is 18.7. The van der Waals surface area contributed by atoms with Crippen LogP contribution in [0.2, 0.25) is 0 Å². The van der Waals surface area contributed by atoms with Crippen molar-refractivity contribution >= 4 is 73.5 Å². The molecule has 1 atom stereocenters. The molecule has 5 rings (SSSR count). The average Bonchev–Trinajstić information content (AvgIpc) is 3.15. The Hall–Kier alpha value is -4.72. The predicted octanol–water partition coefficient (Wildman–Crippen LogP) is -1.85. The number of ketones is 1. The molecule has 1 aliphatic heterocycles. The van der Waals surface area contributed by atoms with Crippen LogP contribution in [0.4, 0.5) is 8.78 Å². The molecule has 1 unspecified atom stereocenters. The third-order valence-electron chi connectivity index (χ3n) is 6.68. The second-order valence-corrected chi connectivity index (χ2v) is 12.9.